The molecule has 0 spiro atoms. The van der Waals surface area contributed by atoms with Gasteiger partial charge >= 0.3 is 12.1 Å². The Morgan fingerprint density at radius 3 is 2.27 bits per heavy atom. The van der Waals surface area contributed by atoms with Crippen molar-refractivity contribution in [3.8, 4) is 0 Å². The van der Waals surface area contributed by atoms with Crippen LogP contribution in [0.4, 0.5) is 4.79 Å². The summed E-state index contributed by atoms with van der Waals surface area (Å²) in [5.41, 5.74) is 0.166. The highest BCUT2D eigenvalue weighted by Crippen LogP contribution is 2.14. The van der Waals surface area contributed by atoms with Crippen molar-refractivity contribution >= 4 is 22.2 Å². The molecule has 146 valence electrons. The summed E-state index contributed by atoms with van der Waals surface area (Å²) in [4.78, 5) is 22.9. The molecule has 1 amide bonds. The lowest BCUT2D eigenvalue weighted by Crippen LogP contribution is -2.43. The van der Waals surface area contributed by atoms with E-state index in [0.717, 1.165) is 5.56 Å². The summed E-state index contributed by atoms with van der Waals surface area (Å²) in [6.45, 7) is 6.61. The quantitative estimate of drug-likeness (QED) is 0.519. The molecule has 0 saturated carbocycles. The fourth-order valence-corrected chi connectivity index (χ4v) is 2.88. The minimum absolute atomic E-state index is 0.00199. The molecule has 26 heavy (non-hydrogen) atoms. The lowest BCUT2D eigenvalue weighted by Gasteiger charge is -2.22. The maximum absolute atomic E-state index is 12.0. The van der Waals surface area contributed by atoms with Crippen LogP contribution in [0, 0.1) is 6.92 Å². The molecule has 0 aliphatic rings. The zero-order valence-corrected chi connectivity index (χ0v) is 16.1. The number of carboxylic acid groups (broad SMARTS) is 1. The van der Waals surface area contributed by atoms with Crippen LogP contribution >= 0.6 is 0 Å². The minimum atomic E-state index is -3.90. The summed E-state index contributed by atoms with van der Waals surface area (Å²) >= 11 is 0. The van der Waals surface area contributed by atoms with Crippen molar-refractivity contribution in [1.29, 1.82) is 0 Å². The van der Waals surface area contributed by atoms with Crippen molar-refractivity contribution in [3.63, 3.8) is 0 Å². The van der Waals surface area contributed by atoms with E-state index >= 15 is 0 Å². The van der Waals surface area contributed by atoms with Gasteiger partial charge in [0, 0.05) is 0 Å². The summed E-state index contributed by atoms with van der Waals surface area (Å²) in [5, 5.41) is 11.4. The standard InChI is InChI=1S/C17H25NO7S/c1-12-7-9-13(10-8-12)26(22,23)24-11-5-6-14(15(19)20)18-16(21)25-17(2,3)4/h7-10,14H,5-6,11H2,1-4H3,(H,18,21)(H,19,20)/t14-/m0/s1. The smallest absolute Gasteiger partial charge is 0.408 e. The lowest BCUT2D eigenvalue weighted by molar-refractivity contribution is -0.139. The predicted octanol–water partition coefficient (Wildman–Crippen LogP) is 2.46. The number of carboxylic acids is 1. The van der Waals surface area contributed by atoms with Gasteiger partial charge in [-0.15, -0.1) is 0 Å². The van der Waals surface area contributed by atoms with Gasteiger partial charge in [0.2, 0.25) is 0 Å². The van der Waals surface area contributed by atoms with E-state index in [0.29, 0.717) is 0 Å². The van der Waals surface area contributed by atoms with E-state index in [-0.39, 0.29) is 24.3 Å². The Hall–Kier alpha value is -2.13. The van der Waals surface area contributed by atoms with E-state index in [1.165, 1.54) is 12.1 Å². The van der Waals surface area contributed by atoms with Crippen LogP contribution in [-0.4, -0.2) is 43.8 Å². The molecule has 0 aliphatic carbocycles. The third-order valence-corrected chi connectivity index (χ3v) is 4.50. The largest absolute Gasteiger partial charge is 0.480 e. The van der Waals surface area contributed by atoms with Crippen molar-refractivity contribution in [2.24, 2.45) is 0 Å². The molecule has 9 heteroatoms. The van der Waals surface area contributed by atoms with Gasteiger partial charge in [-0.25, -0.2) is 9.59 Å². The molecule has 1 aromatic carbocycles. The van der Waals surface area contributed by atoms with Crippen molar-refractivity contribution in [3.05, 3.63) is 29.8 Å². The Bertz CT molecular complexity index is 720. The number of carbonyl (C=O) groups is 2. The van der Waals surface area contributed by atoms with Crippen LogP contribution < -0.4 is 5.32 Å². The molecule has 1 atom stereocenters. The SMILES string of the molecule is Cc1ccc(S(=O)(=O)OCCC[C@H](NC(=O)OC(C)(C)C)C(=O)O)cc1. The number of aryl methyl sites for hydroxylation is 1. The summed E-state index contributed by atoms with van der Waals surface area (Å²) in [6, 6.07) is 4.99. The minimum Gasteiger partial charge on any atom is -0.480 e. The first kappa shape index (κ1) is 21.9. The number of hydrogen-bond donors (Lipinski definition) is 2. The first-order valence-electron chi connectivity index (χ1n) is 8.09. The van der Waals surface area contributed by atoms with E-state index in [9.17, 15) is 18.0 Å². The second-order valence-corrected chi connectivity index (χ2v) is 8.38. The molecule has 0 bridgehead atoms. The molecular formula is C17H25NO7S. The van der Waals surface area contributed by atoms with Crippen LogP contribution in [0.25, 0.3) is 0 Å². The van der Waals surface area contributed by atoms with Crippen LogP contribution in [0.1, 0.15) is 39.2 Å². The molecular weight excluding hydrogens is 362 g/mol. The topological polar surface area (TPSA) is 119 Å². The van der Waals surface area contributed by atoms with Gasteiger partial charge < -0.3 is 15.2 Å². The van der Waals surface area contributed by atoms with E-state index in [1.54, 1.807) is 32.9 Å². The Labute approximate surface area is 153 Å². The maximum atomic E-state index is 12.0. The molecule has 0 fully saturated rings. The molecule has 1 rings (SSSR count). The van der Waals surface area contributed by atoms with Gasteiger partial charge in [-0.2, -0.15) is 8.42 Å². The van der Waals surface area contributed by atoms with E-state index in [2.05, 4.69) is 5.32 Å². The Balaban J connectivity index is 2.51. The van der Waals surface area contributed by atoms with Gasteiger partial charge in [0.15, 0.2) is 0 Å². The number of nitrogens with one attached hydrogen (secondary N) is 1. The Morgan fingerprint density at radius 2 is 1.77 bits per heavy atom. The van der Waals surface area contributed by atoms with Crippen molar-refractivity contribution in [2.75, 3.05) is 6.61 Å². The zero-order chi connectivity index (χ0) is 20.0. The number of carbonyl (C=O) groups excluding carboxylic acids is 1. The normalized spacial score (nSPS) is 13.1. The monoisotopic (exact) mass is 387 g/mol. The third-order valence-electron chi connectivity index (χ3n) is 3.17. The lowest BCUT2D eigenvalue weighted by atomic mass is 10.1. The summed E-state index contributed by atoms with van der Waals surface area (Å²) in [5.74, 6) is -1.24. The Morgan fingerprint density at radius 1 is 1.19 bits per heavy atom. The van der Waals surface area contributed by atoms with Crippen molar-refractivity contribution in [2.45, 2.75) is 57.1 Å². The van der Waals surface area contributed by atoms with Crippen LogP contribution in [0.5, 0.6) is 0 Å². The van der Waals surface area contributed by atoms with Gasteiger partial charge in [0.25, 0.3) is 10.1 Å². The maximum Gasteiger partial charge on any atom is 0.408 e. The molecule has 0 heterocycles. The van der Waals surface area contributed by atoms with Gasteiger partial charge in [-0.1, -0.05) is 17.7 Å². The van der Waals surface area contributed by atoms with E-state index in [1.807, 2.05) is 6.92 Å². The number of hydrogen-bond acceptors (Lipinski definition) is 6. The van der Waals surface area contributed by atoms with Crippen molar-refractivity contribution in [1.82, 2.24) is 5.32 Å². The van der Waals surface area contributed by atoms with Gasteiger partial charge in [0.05, 0.1) is 11.5 Å². The van der Waals surface area contributed by atoms with Gasteiger partial charge in [-0.3, -0.25) is 4.18 Å². The van der Waals surface area contributed by atoms with Crippen LogP contribution in [-0.2, 0) is 23.8 Å². The van der Waals surface area contributed by atoms with Crippen LogP contribution in [0.3, 0.4) is 0 Å². The summed E-state index contributed by atoms with van der Waals surface area (Å²) in [7, 11) is -3.90. The molecule has 0 aliphatic heterocycles. The molecule has 8 nitrogen and oxygen atoms in total. The average Bonchev–Trinajstić information content (AvgIpc) is 2.48. The molecule has 2 N–H and O–H groups in total. The summed E-state index contributed by atoms with van der Waals surface area (Å²) in [6.07, 6.45) is -0.728. The molecule has 0 saturated heterocycles. The van der Waals surface area contributed by atoms with Gasteiger partial charge in [0.1, 0.15) is 11.6 Å². The molecule has 0 unspecified atom stereocenters. The fraction of sp³-hybridized carbons (Fsp3) is 0.529. The number of alkyl carbamates (subject to hydrolysis) is 1. The highest BCUT2D eigenvalue weighted by molar-refractivity contribution is 7.86. The number of amides is 1. The predicted molar refractivity (Wildman–Crippen MR) is 94.3 cm³/mol. The summed E-state index contributed by atoms with van der Waals surface area (Å²) < 4.78 is 34.0. The van der Waals surface area contributed by atoms with Gasteiger partial charge in [-0.05, 0) is 52.7 Å². The highest BCUT2D eigenvalue weighted by atomic mass is 32.2. The Kier molecular flexibility index (Phi) is 7.58. The third kappa shape index (κ3) is 7.83. The fourth-order valence-electron chi connectivity index (χ4n) is 1.94. The first-order valence-corrected chi connectivity index (χ1v) is 9.50. The second kappa shape index (κ2) is 9.00. The average molecular weight is 387 g/mol. The second-order valence-electron chi connectivity index (χ2n) is 6.77. The number of aliphatic carboxylic acids is 1. The van der Waals surface area contributed by atoms with Crippen molar-refractivity contribution < 1.29 is 32.0 Å². The molecule has 1 aromatic rings. The first-order chi connectivity index (χ1) is 11.9. The highest BCUT2D eigenvalue weighted by Gasteiger charge is 2.24. The molecule has 0 aromatic heterocycles. The number of benzene rings is 1. The zero-order valence-electron chi connectivity index (χ0n) is 15.3. The molecule has 0 radical (unpaired) electrons. The number of ether oxygens (including phenoxy) is 1. The van der Waals surface area contributed by atoms with E-state index < -0.39 is 33.8 Å². The van der Waals surface area contributed by atoms with Crippen LogP contribution in [0.15, 0.2) is 29.2 Å². The van der Waals surface area contributed by atoms with Crippen LogP contribution in [0.2, 0.25) is 0 Å². The van der Waals surface area contributed by atoms with E-state index in [4.69, 9.17) is 14.0 Å². The number of rotatable bonds is 8.